The number of nitrogens with zero attached hydrogens (tertiary/aromatic N) is 1. The lowest BCUT2D eigenvalue weighted by Crippen LogP contribution is -2.29. The van der Waals surface area contributed by atoms with Crippen LogP contribution in [0, 0.1) is 0 Å². The van der Waals surface area contributed by atoms with Gasteiger partial charge < -0.3 is 13.9 Å². The lowest BCUT2D eigenvalue weighted by Gasteiger charge is -2.33. The molecule has 0 N–H and O–H groups in total. The average molecular weight is 311 g/mol. The summed E-state index contributed by atoms with van der Waals surface area (Å²) in [4.78, 5) is 12.8. The zero-order valence-corrected chi connectivity index (χ0v) is 13.4. The topological polar surface area (TPSA) is 55.8 Å². The Hall–Kier alpha value is -1.42. The second kappa shape index (κ2) is 8.78. The van der Waals surface area contributed by atoms with Crippen LogP contribution >= 0.6 is 7.60 Å². The molecule has 1 amide bonds. The number of benzene rings is 1. The lowest BCUT2D eigenvalue weighted by molar-refractivity contribution is -0.118. The predicted octanol–water partition coefficient (Wildman–Crippen LogP) is 3.60. The van der Waals surface area contributed by atoms with Crippen molar-refractivity contribution < 1.29 is 18.4 Å². The maximum Gasteiger partial charge on any atom is 0.357 e. The zero-order valence-electron chi connectivity index (χ0n) is 12.5. The van der Waals surface area contributed by atoms with Gasteiger partial charge in [-0.15, -0.1) is 6.58 Å². The van der Waals surface area contributed by atoms with Crippen LogP contribution in [0.1, 0.15) is 25.2 Å². The number of rotatable bonds is 10. The van der Waals surface area contributed by atoms with Crippen molar-refractivity contribution in [3.63, 3.8) is 0 Å². The van der Waals surface area contributed by atoms with Crippen LogP contribution in [-0.2, 0) is 18.4 Å². The monoisotopic (exact) mass is 311 g/mol. The van der Waals surface area contributed by atoms with E-state index < -0.39 is 13.4 Å². The maximum absolute atomic E-state index is 13.1. The van der Waals surface area contributed by atoms with Crippen molar-refractivity contribution in [1.82, 2.24) is 4.90 Å². The molecule has 1 atom stereocenters. The fraction of sp³-hybridized carbons (Fsp3) is 0.400. The molecule has 1 aromatic rings. The van der Waals surface area contributed by atoms with Gasteiger partial charge in [-0.3, -0.25) is 9.36 Å². The molecule has 5 nitrogen and oxygen atoms in total. The molecule has 0 aliphatic carbocycles. The normalized spacial score (nSPS) is 12.7. The molecule has 0 saturated heterocycles. The zero-order chi connectivity index (χ0) is 15.7. The van der Waals surface area contributed by atoms with E-state index in [9.17, 15) is 9.36 Å². The molecule has 6 heteroatoms. The van der Waals surface area contributed by atoms with Gasteiger partial charge in [0, 0.05) is 6.54 Å². The molecule has 0 aromatic heterocycles. The molecule has 0 heterocycles. The Morgan fingerprint density at radius 3 is 2.24 bits per heavy atom. The van der Waals surface area contributed by atoms with Gasteiger partial charge >= 0.3 is 7.60 Å². The second-order valence-electron chi connectivity index (χ2n) is 4.25. The van der Waals surface area contributed by atoms with E-state index in [1.165, 1.54) is 4.90 Å². The van der Waals surface area contributed by atoms with Crippen molar-refractivity contribution >= 4 is 14.0 Å². The Labute approximate surface area is 126 Å². The lowest BCUT2D eigenvalue weighted by atomic mass is 10.2. The van der Waals surface area contributed by atoms with Crippen LogP contribution in [-0.4, -0.2) is 31.1 Å². The van der Waals surface area contributed by atoms with E-state index in [-0.39, 0.29) is 19.8 Å². The highest BCUT2D eigenvalue weighted by molar-refractivity contribution is 7.54. The molecular weight excluding hydrogens is 289 g/mol. The molecule has 1 aromatic carbocycles. The van der Waals surface area contributed by atoms with Gasteiger partial charge in [0.1, 0.15) is 0 Å². The van der Waals surface area contributed by atoms with Gasteiger partial charge in [0.15, 0.2) is 5.78 Å². The van der Waals surface area contributed by atoms with E-state index in [1.807, 2.05) is 18.2 Å². The fourth-order valence-corrected chi connectivity index (χ4v) is 4.19. The Morgan fingerprint density at radius 1 is 1.24 bits per heavy atom. The largest absolute Gasteiger partial charge is 0.357 e. The molecule has 0 aliphatic heterocycles. The summed E-state index contributed by atoms with van der Waals surface area (Å²) in [6.45, 7) is 7.84. The van der Waals surface area contributed by atoms with E-state index in [0.717, 1.165) is 0 Å². The minimum Gasteiger partial charge on any atom is -0.323 e. The minimum absolute atomic E-state index is 0.237. The summed E-state index contributed by atoms with van der Waals surface area (Å²) in [6, 6.07) is 9.10. The number of amides is 1. The number of carbonyl (C=O) groups excluding carboxylic acids is 1. The molecule has 1 rings (SSSR count). The summed E-state index contributed by atoms with van der Waals surface area (Å²) >= 11 is 0. The van der Waals surface area contributed by atoms with Crippen molar-refractivity contribution in [1.29, 1.82) is 0 Å². The predicted molar refractivity (Wildman–Crippen MR) is 83.0 cm³/mol. The third-order valence-corrected chi connectivity index (χ3v) is 5.23. The summed E-state index contributed by atoms with van der Waals surface area (Å²) in [6.07, 6.45) is 2.22. The molecule has 0 saturated carbocycles. The van der Waals surface area contributed by atoms with Crippen LogP contribution in [0.25, 0.3) is 0 Å². The maximum atomic E-state index is 13.1. The van der Waals surface area contributed by atoms with Gasteiger partial charge in [0.2, 0.25) is 6.41 Å². The van der Waals surface area contributed by atoms with Gasteiger partial charge in [-0.25, -0.2) is 0 Å². The highest BCUT2D eigenvalue weighted by Crippen LogP contribution is 2.61. The summed E-state index contributed by atoms with van der Waals surface area (Å²) < 4.78 is 23.9. The first kappa shape index (κ1) is 17.6. The van der Waals surface area contributed by atoms with E-state index in [2.05, 4.69) is 6.58 Å². The number of carbonyl (C=O) groups is 1. The molecule has 21 heavy (non-hydrogen) atoms. The first-order chi connectivity index (χ1) is 10.1. The van der Waals surface area contributed by atoms with E-state index in [1.54, 1.807) is 32.1 Å². The van der Waals surface area contributed by atoms with E-state index in [4.69, 9.17) is 9.05 Å². The molecule has 0 bridgehead atoms. The molecule has 0 fully saturated rings. The number of hydrogen-bond donors (Lipinski definition) is 0. The van der Waals surface area contributed by atoms with Gasteiger partial charge in [0.25, 0.3) is 0 Å². The molecule has 116 valence electrons. The average Bonchev–Trinajstić information content (AvgIpc) is 2.48. The highest BCUT2D eigenvalue weighted by Gasteiger charge is 2.40. The summed E-state index contributed by atoms with van der Waals surface area (Å²) in [7, 11) is -3.51. The summed E-state index contributed by atoms with van der Waals surface area (Å²) in [5.74, 6) is -0.783. The Bertz CT molecular complexity index is 482. The number of hydrogen-bond acceptors (Lipinski definition) is 4. The molecule has 0 aliphatic rings. The minimum atomic E-state index is -3.51. The van der Waals surface area contributed by atoms with Crippen molar-refractivity contribution in [2.45, 2.75) is 19.6 Å². The Morgan fingerprint density at radius 2 is 1.81 bits per heavy atom. The summed E-state index contributed by atoms with van der Waals surface area (Å²) in [5, 5.41) is 0. The van der Waals surface area contributed by atoms with Crippen molar-refractivity contribution in [3.8, 4) is 0 Å². The third-order valence-electron chi connectivity index (χ3n) is 2.80. The van der Waals surface area contributed by atoms with Crippen molar-refractivity contribution in [3.05, 3.63) is 48.6 Å². The molecule has 0 spiro atoms. The SMILES string of the molecule is C=CCN(C=O)C(c1ccccc1)P(=O)(OCC)OCC. The molecule has 1 unspecified atom stereocenters. The first-order valence-corrected chi connectivity index (χ1v) is 8.49. The first-order valence-electron chi connectivity index (χ1n) is 6.88. The van der Waals surface area contributed by atoms with Crippen LogP contribution in [0.4, 0.5) is 0 Å². The van der Waals surface area contributed by atoms with Gasteiger partial charge in [0.05, 0.1) is 13.2 Å². The van der Waals surface area contributed by atoms with E-state index >= 15 is 0 Å². The highest BCUT2D eigenvalue weighted by atomic mass is 31.2. The van der Waals surface area contributed by atoms with Gasteiger partial charge in [-0.1, -0.05) is 36.4 Å². The van der Waals surface area contributed by atoms with Crippen molar-refractivity contribution in [2.75, 3.05) is 19.8 Å². The van der Waals surface area contributed by atoms with E-state index in [0.29, 0.717) is 12.0 Å². The third kappa shape index (κ3) is 4.53. The quantitative estimate of drug-likeness (QED) is 0.376. The van der Waals surface area contributed by atoms with Crippen LogP contribution in [0.5, 0.6) is 0 Å². The van der Waals surface area contributed by atoms with Gasteiger partial charge in [-0.05, 0) is 19.4 Å². The van der Waals surface area contributed by atoms with Gasteiger partial charge in [-0.2, -0.15) is 0 Å². The van der Waals surface area contributed by atoms with Crippen LogP contribution in [0.3, 0.4) is 0 Å². The molecular formula is C15H22NO4P. The summed E-state index contributed by atoms with van der Waals surface area (Å²) in [5.41, 5.74) is 0.705. The van der Waals surface area contributed by atoms with Crippen molar-refractivity contribution in [2.24, 2.45) is 0 Å². The van der Waals surface area contributed by atoms with Crippen LogP contribution in [0.2, 0.25) is 0 Å². The smallest absolute Gasteiger partial charge is 0.323 e. The van der Waals surface area contributed by atoms with Crippen LogP contribution < -0.4 is 0 Å². The fourth-order valence-electron chi connectivity index (χ4n) is 2.07. The second-order valence-corrected chi connectivity index (χ2v) is 6.34. The standard InChI is InChI=1S/C15H22NO4P/c1-4-12-16(13-17)15(14-10-8-7-9-11-14)21(18,19-5-2)20-6-3/h4,7-11,13,15H,1,5-6,12H2,2-3H3. The Kier molecular flexibility index (Phi) is 7.37. The Balaban J connectivity index is 3.31. The molecule has 0 radical (unpaired) electrons. The van der Waals surface area contributed by atoms with Crippen LogP contribution in [0.15, 0.2) is 43.0 Å².